The molecule has 1 aromatic rings. The number of nitrogens with zero attached hydrogens (tertiary/aromatic N) is 2. The Kier molecular flexibility index (Phi) is 4.37. The first-order valence-corrected chi connectivity index (χ1v) is 5.16. The van der Waals surface area contributed by atoms with E-state index in [1.165, 1.54) is 0 Å². The maximum Gasteiger partial charge on any atom is 0.0549 e. The predicted molar refractivity (Wildman–Crippen MR) is 65.4 cm³/mol. The summed E-state index contributed by atoms with van der Waals surface area (Å²) in [6, 6.07) is 2.47. The highest BCUT2D eigenvalue weighted by atomic mass is 15.1. The lowest BCUT2D eigenvalue weighted by Crippen LogP contribution is -2.29. The number of likely N-dealkylation sites (N-methyl/N-ethyl adjacent to an activating group) is 1. The molecule has 2 N–H and O–H groups in total. The molecule has 0 radical (unpaired) electrons. The number of anilines is 2. The van der Waals surface area contributed by atoms with Gasteiger partial charge in [0.05, 0.1) is 23.8 Å². The summed E-state index contributed by atoms with van der Waals surface area (Å²) in [5.41, 5.74) is 2.08. The standard InChI is InChI=1S/C11H20N4/c1-9(8-15(3)4)14-11-5-10(12-2)6-13-7-11/h5-7,9,12,14H,8H2,1-4H3. The number of nitrogens with one attached hydrogen (secondary N) is 2. The first-order chi connectivity index (χ1) is 7.11. The summed E-state index contributed by atoms with van der Waals surface area (Å²) in [6.45, 7) is 3.16. The number of rotatable bonds is 5. The summed E-state index contributed by atoms with van der Waals surface area (Å²) in [6.07, 6.45) is 3.65. The zero-order chi connectivity index (χ0) is 11.3. The van der Waals surface area contributed by atoms with Crippen molar-refractivity contribution in [2.24, 2.45) is 0 Å². The summed E-state index contributed by atoms with van der Waals surface area (Å²) in [5, 5.41) is 6.47. The smallest absolute Gasteiger partial charge is 0.0549 e. The van der Waals surface area contributed by atoms with Crippen molar-refractivity contribution in [2.45, 2.75) is 13.0 Å². The fourth-order valence-electron chi connectivity index (χ4n) is 1.53. The Morgan fingerprint density at radius 2 is 2.00 bits per heavy atom. The Morgan fingerprint density at radius 1 is 1.33 bits per heavy atom. The highest BCUT2D eigenvalue weighted by Gasteiger charge is 2.03. The van der Waals surface area contributed by atoms with E-state index in [9.17, 15) is 0 Å². The largest absolute Gasteiger partial charge is 0.387 e. The van der Waals surface area contributed by atoms with E-state index in [0.717, 1.165) is 17.9 Å². The van der Waals surface area contributed by atoms with E-state index in [-0.39, 0.29) is 0 Å². The summed E-state index contributed by atoms with van der Waals surface area (Å²) in [5.74, 6) is 0. The third-order valence-corrected chi connectivity index (χ3v) is 2.08. The van der Waals surface area contributed by atoms with Gasteiger partial charge < -0.3 is 15.5 Å². The molecule has 4 nitrogen and oxygen atoms in total. The number of hydrogen-bond donors (Lipinski definition) is 2. The normalized spacial score (nSPS) is 12.6. The number of hydrogen-bond acceptors (Lipinski definition) is 4. The van der Waals surface area contributed by atoms with Crippen molar-refractivity contribution in [1.29, 1.82) is 0 Å². The van der Waals surface area contributed by atoms with Gasteiger partial charge >= 0.3 is 0 Å². The van der Waals surface area contributed by atoms with Gasteiger partial charge in [-0.2, -0.15) is 0 Å². The van der Waals surface area contributed by atoms with E-state index >= 15 is 0 Å². The van der Waals surface area contributed by atoms with Gasteiger partial charge in [0.25, 0.3) is 0 Å². The first-order valence-electron chi connectivity index (χ1n) is 5.16. The van der Waals surface area contributed by atoms with E-state index in [1.807, 2.05) is 19.4 Å². The second-order valence-corrected chi connectivity index (χ2v) is 4.02. The molecule has 0 aliphatic heterocycles. The minimum atomic E-state index is 0.411. The monoisotopic (exact) mass is 208 g/mol. The van der Waals surface area contributed by atoms with Crippen LogP contribution in [0.4, 0.5) is 11.4 Å². The second-order valence-electron chi connectivity index (χ2n) is 4.02. The van der Waals surface area contributed by atoms with Crippen LogP contribution in [0.15, 0.2) is 18.5 Å². The van der Waals surface area contributed by atoms with Gasteiger partial charge in [0.2, 0.25) is 0 Å². The molecule has 0 saturated carbocycles. The van der Waals surface area contributed by atoms with Crippen LogP contribution in [-0.2, 0) is 0 Å². The van der Waals surface area contributed by atoms with Crippen molar-refractivity contribution >= 4 is 11.4 Å². The molecule has 0 aromatic carbocycles. The molecule has 1 rings (SSSR count). The Hall–Kier alpha value is -1.29. The van der Waals surface area contributed by atoms with Crippen LogP contribution < -0.4 is 10.6 Å². The van der Waals surface area contributed by atoms with Gasteiger partial charge in [0.15, 0.2) is 0 Å². The van der Waals surface area contributed by atoms with E-state index in [1.54, 1.807) is 0 Å². The van der Waals surface area contributed by atoms with Crippen molar-refractivity contribution in [1.82, 2.24) is 9.88 Å². The zero-order valence-electron chi connectivity index (χ0n) is 9.91. The lowest BCUT2D eigenvalue weighted by molar-refractivity contribution is 0.392. The first kappa shape index (κ1) is 11.8. The molecule has 0 aliphatic rings. The highest BCUT2D eigenvalue weighted by Crippen LogP contribution is 2.13. The van der Waals surface area contributed by atoms with Crippen LogP contribution in [0.3, 0.4) is 0 Å². The van der Waals surface area contributed by atoms with Crippen LogP contribution in [0.25, 0.3) is 0 Å². The van der Waals surface area contributed by atoms with E-state index in [2.05, 4.69) is 47.6 Å². The molecule has 0 aliphatic carbocycles. The molecule has 0 spiro atoms. The van der Waals surface area contributed by atoms with Gasteiger partial charge in [-0.1, -0.05) is 0 Å². The van der Waals surface area contributed by atoms with Gasteiger partial charge in [-0.05, 0) is 27.1 Å². The molecule has 4 heteroatoms. The maximum atomic E-state index is 4.15. The molecule has 0 bridgehead atoms. The fraction of sp³-hybridized carbons (Fsp3) is 0.545. The Balaban J connectivity index is 2.55. The SMILES string of the molecule is CNc1cncc(NC(C)CN(C)C)c1. The highest BCUT2D eigenvalue weighted by molar-refractivity contribution is 5.53. The van der Waals surface area contributed by atoms with Gasteiger partial charge in [-0.15, -0.1) is 0 Å². The zero-order valence-corrected chi connectivity index (χ0v) is 9.91. The molecular weight excluding hydrogens is 188 g/mol. The summed E-state index contributed by atoms with van der Waals surface area (Å²) >= 11 is 0. The number of pyridine rings is 1. The molecule has 0 amide bonds. The van der Waals surface area contributed by atoms with Gasteiger partial charge in [0, 0.05) is 19.6 Å². The Labute approximate surface area is 91.7 Å². The fourth-order valence-corrected chi connectivity index (χ4v) is 1.53. The van der Waals surface area contributed by atoms with E-state index in [0.29, 0.717) is 6.04 Å². The lowest BCUT2D eigenvalue weighted by Gasteiger charge is -2.19. The molecule has 84 valence electrons. The van der Waals surface area contributed by atoms with Crippen molar-refractivity contribution in [3.63, 3.8) is 0 Å². The van der Waals surface area contributed by atoms with Crippen LogP contribution in [0.5, 0.6) is 0 Å². The van der Waals surface area contributed by atoms with E-state index in [4.69, 9.17) is 0 Å². The van der Waals surface area contributed by atoms with Crippen molar-refractivity contribution in [2.75, 3.05) is 38.3 Å². The van der Waals surface area contributed by atoms with Gasteiger partial charge in [-0.3, -0.25) is 4.98 Å². The lowest BCUT2D eigenvalue weighted by atomic mass is 10.3. The molecule has 1 heterocycles. The van der Waals surface area contributed by atoms with Crippen molar-refractivity contribution in [3.8, 4) is 0 Å². The van der Waals surface area contributed by atoms with Crippen LogP contribution >= 0.6 is 0 Å². The van der Waals surface area contributed by atoms with Crippen LogP contribution in [0.1, 0.15) is 6.92 Å². The van der Waals surface area contributed by atoms with Crippen LogP contribution in [0, 0.1) is 0 Å². The average Bonchev–Trinajstić information content (AvgIpc) is 2.16. The summed E-state index contributed by atoms with van der Waals surface area (Å²) in [4.78, 5) is 6.31. The Morgan fingerprint density at radius 3 is 2.60 bits per heavy atom. The van der Waals surface area contributed by atoms with Crippen molar-refractivity contribution < 1.29 is 0 Å². The van der Waals surface area contributed by atoms with Gasteiger partial charge in [-0.25, -0.2) is 0 Å². The minimum absolute atomic E-state index is 0.411. The molecule has 1 aromatic heterocycles. The summed E-state index contributed by atoms with van der Waals surface area (Å²) in [7, 11) is 6.03. The minimum Gasteiger partial charge on any atom is -0.387 e. The maximum absolute atomic E-state index is 4.15. The predicted octanol–water partition coefficient (Wildman–Crippen LogP) is 1.49. The van der Waals surface area contributed by atoms with Crippen molar-refractivity contribution in [3.05, 3.63) is 18.5 Å². The molecule has 0 saturated heterocycles. The van der Waals surface area contributed by atoms with Crippen LogP contribution in [0.2, 0.25) is 0 Å². The van der Waals surface area contributed by atoms with Crippen LogP contribution in [-0.4, -0.2) is 43.6 Å². The molecular formula is C11H20N4. The summed E-state index contributed by atoms with van der Waals surface area (Å²) < 4.78 is 0. The van der Waals surface area contributed by atoms with E-state index < -0.39 is 0 Å². The third-order valence-electron chi connectivity index (χ3n) is 2.08. The molecule has 15 heavy (non-hydrogen) atoms. The quantitative estimate of drug-likeness (QED) is 0.769. The third kappa shape index (κ3) is 4.16. The molecule has 1 unspecified atom stereocenters. The second kappa shape index (κ2) is 5.56. The number of aromatic nitrogens is 1. The average molecular weight is 208 g/mol. The molecule has 1 atom stereocenters. The molecule has 0 fully saturated rings. The Bertz CT molecular complexity index is 298. The topological polar surface area (TPSA) is 40.2 Å². The van der Waals surface area contributed by atoms with Gasteiger partial charge in [0.1, 0.15) is 0 Å².